The van der Waals surface area contributed by atoms with Crippen molar-refractivity contribution in [3.05, 3.63) is 71.8 Å². The van der Waals surface area contributed by atoms with Gasteiger partial charge in [0.15, 0.2) is 0 Å². The Morgan fingerprint density at radius 2 is 1.41 bits per heavy atom. The first-order valence-corrected chi connectivity index (χ1v) is 8.14. The third-order valence-corrected chi connectivity index (χ3v) is 4.57. The van der Waals surface area contributed by atoms with Gasteiger partial charge in [0.1, 0.15) is 0 Å². The fraction of sp³-hybridized carbons (Fsp3) is 0.400. The van der Waals surface area contributed by atoms with Gasteiger partial charge in [0.05, 0.1) is 5.60 Å². The van der Waals surface area contributed by atoms with E-state index in [1.807, 2.05) is 55.5 Å². The molecule has 22 heavy (non-hydrogen) atoms. The lowest BCUT2D eigenvalue weighted by Gasteiger charge is -2.37. The number of hydrogen-bond acceptors (Lipinski definition) is 2. The molecule has 2 rings (SSSR count). The van der Waals surface area contributed by atoms with Crippen molar-refractivity contribution in [2.24, 2.45) is 0 Å². The minimum absolute atomic E-state index is 0.0380. The minimum Gasteiger partial charge on any atom is -0.385 e. The van der Waals surface area contributed by atoms with Crippen molar-refractivity contribution < 1.29 is 5.11 Å². The van der Waals surface area contributed by atoms with Gasteiger partial charge >= 0.3 is 0 Å². The predicted molar refractivity (Wildman–Crippen MR) is 93.0 cm³/mol. The standard InChI is InChI=1S/C20H27NO/c1-4-21(5-2)16-19(17-12-8-6-9-13-17)20(3,22)18-14-10-7-11-15-18/h6-15,19,22H,4-5,16H2,1-3H3/t19-,20-/m0/s1. The van der Waals surface area contributed by atoms with Crippen LogP contribution in [0.3, 0.4) is 0 Å². The smallest absolute Gasteiger partial charge is 0.0949 e. The Bertz CT molecular complexity index is 546. The van der Waals surface area contributed by atoms with E-state index in [1.54, 1.807) is 0 Å². The van der Waals surface area contributed by atoms with Crippen LogP contribution < -0.4 is 0 Å². The highest BCUT2D eigenvalue weighted by Gasteiger charge is 2.35. The van der Waals surface area contributed by atoms with Crippen molar-refractivity contribution in [2.75, 3.05) is 19.6 Å². The average Bonchev–Trinajstić information content (AvgIpc) is 2.57. The van der Waals surface area contributed by atoms with Crippen molar-refractivity contribution in [1.29, 1.82) is 0 Å². The van der Waals surface area contributed by atoms with Gasteiger partial charge in [-0.25, -0.2) is 0 Å². The highest BCUT2D eigenvalue weighted by Crippen LogP contribution is 2.37. The Labute approximate surface area is 134 Å². The van der Waals surface area contributed by atoms with Gasteiger partial charge in [-0.2, -0.15) is 0 Å². The molecule has 1 N–H and O–H groups in total. The molecule has 0 saturated heterocycles. The van der Waals surface area contributed by atoms with Gasteiger partial charge in [-0.05, 0) is 31.1 Å². The first kappa shape index (κ1) is 16.7. The lowest BCUT2D eigenvalue weighted by atomic mass is 9.78. The van der Waals surface area contributed by atoms with Crippen molar-refractivity contribution in [3.8, 4) is 0 Å². The first-order chi connectivity index (χ1) is 10.6. The Hall–Kier alpha value is -1.64. The molecule has 0 aromatic heterocycles. The van der Waals surface area contributed by atoms with Gasteiger partial charge in [-0.3, -0.25) is 0 Å². The highest BCUT2D eigenvalue weighted by molar-refractivity contribution is 5.31. The van der Waals surface area contributed by atoms with E-state index in [1.165, 1.54) is 5.56 Å². The SMILES string of the molecule is CCN(CC)C[C@@H](c1ccccc1)[C@@](C)(O)c1ccccc1. The molecule has 2 aromatic rings. The number of rotatable bonds is 7. The van der Waals surface area contributed by atoms with Crippen LogP contribution >= 0.6 is 0 Å². The maximum atomic E-state index is 11.3. The molecule has 0 spiro atoms. The van der Waals surface area contributed by atoms with E-state index in [2.05, 4.69) is 30.9 Å². The molecule has 0 amide bonds. The van der Waals surface area contributed by atoms with Crippen molar-refractivity contribution in [3.63, 3.8) is 0 Å². The fourth-order valence-corrected chi connectivity index (χ4v) is 3.01. The normalized spacial score (nSPS) is 15.5. The molecule has 2 aromatic carbocycles. The van der Waals surface area contributed by atoms with Gasteiger partial charge in [0.25, 0.3) is 0 Å². The molecule has 0 aliphatic carbocycles. The number of aliphatic hydroxyl groups is 1. The Kier molecular flexibility index (Phi) is 5.76. The van der Waals surface area contributed by atoms with E-state index < -0.39 is 5.60 Å². The summed E-state index contributed by atoms with van der Waals surface area (Å²) in [5.74, 6) is 0.0380. The molecule has 0 saturated carbocycles. The molecular formula is C20H27NO. The third kappa shape index (κ3) is 3.76. The van der Waals surface area contributed by atoms with Crippen LogP contribution in [0.5, 0.6) is 0 Å². The molecule has 118 valence electrons. The van der Waals surface area contributed by atoms with Gasteiger partial charge in [-0.15, -0.1) is 0 Å². The van der Waals surface area contributed by atoms with E-state index >= 15 is 0 Å². The summed E-state index contributed by atoms with van der Waals surface area (Å²) in [5, 5.41) is 11.3. The lowest BCUT2D eigenvalue weighted by molar-refractivity contribution is 0.0139. The lowest BCUT2D eigenvalue weighted by Crippen LogP contribution is -2.39. The predicted octanol–water partition coefficient (Wildman–Crippen LogP) is 4.02. The van der Waals surface area contributed by atoms with Gasteiger partial charge in [-0.1, -0.05) is 74.5 Å². The van der Waals surface area contributed by atoms with Gasteiger partial charge in [0, 0.05) is 12.5 Å². The van der Waals surface area contributed by atoms with Crippen LogP contribution in [0, 0.1) is 0 Å². The molecule has 0 aliphatic rings. The molecule has 0 aliphatic heterocycles. The molecule has 0 fully saturated rings. The topological polar surface area (TPSA) is 23.5 Å². The molecule has 0 bridgehead atoms. The maximum Gasteiger partial charge on any atom is 0.0949 e. The van der Waals surface area contributed by atoms with Gasteiger partial charge < -0.3 is 10.0 Å². The molecule has 2 atom stereocenters. The van der Waals surface area contributed by atoms with Crippen LogP contribution in [0.4, 0.5) is 0 Å². The molecule has 0 unspecified atom stereocenters. The number of nitrogens with zero attached hydrogens (tertiary/aromatic N) is 1. The zero-order chi connectivity index (χ0) is 16.0. The fourth-order valence-electron chi connectivity index (χ4n) is 3.01. The molecule has 2 nitrogen and oxygen atoms in total. The summed E-state index contributed by atoms with van der Waals surface area (Å²) < 4.78 is 0. The Morgan fingerprint density at radius 1 is 0.909 bits per heavy atom. The van der Waals surface area contributed by atoms with Crippen molar-refractivity contribution in [1.82, 2.24) is 4.90 Å². The second kappa shape index (κ2) is 7.57. The first-order valence-electron chi connectivity index (χ1n) is 8.14. The second-order valence-electron chi connectivity index (χ2n) is 5.96. The van der Waals surface area contributed by atoms with E-state index in [0.29, 0.717) is 0 Å². The third-order valence-electron chi connectivity index (χ3n) is 4.57. The summed E-state index contributed by atoms with van der Waals surface area (Å²) in [7, 11) is 0. The zero-order valence-corrected chi connectivity index (χ0v) is 13.9. The van der Waals surface area contributed by atoms with Crippen LogP contribution in [0.2, 0.25) is 0 Å². The Balaban J connectivity index is 2.39. The Morgan fingerprint density at radius 3 is 1.91 bits per heavy atom. The molecule has 0 radical (unpaired) electrons. The van der Waals surface area contributed by atoms with Crippen LogP contribution in [-0.2, 0) is 5.60 Å². The summed E-state index contributed by atoms with van der Waals surface area (Å²) in [6.07, 6.45) is 0. The summed E-state index contributed by atoms with van der Waals surface area (Å²) in [4.78, 5) is 2.37. The summed E-state index contributed by atoms with van der Waals surface area (Å²) >= 11 is 0. The summed E-state index contributed by atoms with van der Waals surface area (Å²) in [5.41, 5.74) is 1.25. The quantitative estimate of drug-likeness (QED) is 0.834. The molecule has 2 heteroatoms. The highest BCUT2D eigenvalue weighted by atomic mass is 16.3. The van der Waals surface area contributed by atoms with Crippen molar-refractivity contribution >= 4 is 0 Å². The molecule has 0 heterocycles. The number of benzene rings is 2. The average molecular weight is 297 g/mol. The molecular weight excluding hydrogens is 270 g/mol. The second-order valence-corrected chi connectivity index (χ2v) is 5.96. The summed E-state index contributed by atoms with van der Waals surface area (Å²) in [6, 6.07) is 20.3. The van der Waals surface area contributed by atoms with Crippen LogP contribution in [0.1, 0.15) is 37.8 Å². The van der Waals surface area contributed by atoms with Crippen molar-refractivity contribution in [2.45, 2.75) is 32.3 Å². The maximum absolute atomic E-state index is 11.3. The van der Waals surface area contributed by atoms with Crippen LogP contribution in [0.15, 0.2) is 60.7 Å². The minimum atomic E-state index is -0.898. The monoisotopic (exact) mass is 297 g/mol. The van der Waals surface area contributed by atoms with Crippen LogP contribution in [-0.4, -0.2) is 29.6 Å². The van der Waals surface area contributed by atoms with Gasteiger partial charge in [0.2, 0.25) is 0 Å². The van der Waals surface area contributed by atoms with E-state index in [4.69, 9.17) is 0 Å². The summed E-state index contributed by atoms with van der Waals surface area (Å²) in [6.45, 7) is 9.10. The number of hydrogen-bond donors (Lipinski definition) is 1. The van der Waals surface area contributed by atoms with Crippen LogP contribution in [0.25, 0.3) is 0 Å². The van der Waals surface area contributed by atoms with E-state index in [9.17, 15) is 5.11 Å². The largest absolute Gasteiger partial charge is 0.385 e. The van der Waals surface area contributed by atoms with E-state index in [-0.39, 0.29) is 5.92 Å². The zero-order valence-electron chi connectivity index (χ0n) is 13.9. The van der Waals surface area contributed by atoms with E-state index in [0.717, 1.165) is 25.2 Å². The number of likely N-dealkylation sites (N-methyl/N-ethyl adjacent to an activating group) is 1.